The number of nitrogens with zero attached hydrogens (tertiary/aromatic N) is 2. The molecule has 0 saturated heterocycles. The number of imidazole rings is 1. The van der Waals surface area contributed by atoms with Gasteiger partial charge in [-0.05, 0) is 26.7 Å². The van der Waals surface area contributed by atoms with Crippen LogP contribution in [0.25, 0.3) is 0 Å². The first-order valence-corrected chi connectivity index (χ1v) is 6.00. The Morgan fingerprint density at radius 3 is 2.53 bits per heavy atom. The summed E-state index contributed by atoms with van der Waals surface area (Å²) in [6.07, 6.45) is 3.47. The number of hydrogen-bond donors (Lipinski definition) is 1. The van der Waals surface area contributed by atoms with Crippen molar-refractivity contribution < 1.29 is 9.53 Å². The Balaban J connectivity index is 3.10. The SMILES string of the molecule is CCOC(=O)c1ncn(C(C)(CC)CC)c1N. The molecule has 5 nitrogen and oxygen atoms in total. The third-order valence-electron chi connectivity index (χ3n) is 3.38. The number of carbonyl (C=O) groups excluding carboxylic acids is 1. The molecular weight excluding hydrogens is 218 g/mol. The number of aromatic nitrogens is 2. The van der Waals surface area contributed by atoms with Crippen molar-refractivity contribution in [2.75, 3.05) is 12.3 Å². The summed E-state index contributed by atoms with van der Waals surface area (Å²) in [6.45, 7) is 8.36. The van der Waals surface area contributed by atoms with E-state index in [4.69, 9.17) is 10.5 Å². The molecule has 0 aromatic carbocycles. The number of hydrogen-bond acceptors (Lipinski definition) is 4. The lowest BCUT2D eigenvalue weighted by Gasteiger charge is -2.29. The smallest absolute Gasteiger partial charge is 0.360 e. The third kappa shape index (κ3) is 2.43. The lowest BCUT2D eigenvalue weighted by atomic mass is 9.95. The van der Waals surface area contributed by atoms with Gasteiger partial charge in [-0.2, -0.15) is 0 Å². The van der Waals surface area contributed by atoms with Crippen LogP contribution in [0.3, 0.4) is 0 Å². The van der Waals surface area contributed by atoms with E-state index in [1.54, 1.807) is 13.3 Å². The van der Waals surface area contributed by atoms with E-state index in [-0.39, 0.29) is 11.2 Å². The molecule has 0 atom stereocenters. The van der Waals surface area contributed by atoms with Crippen LogP contribution in [0.5, 0.6) is 0 Å². The van der Waals surface area contributed by atoms with Crippen LogP contribution in [-0.4, -0.2) is 22.1 Å². The highest BCUT2D eigenvalue weighted by atomic mass is 16.5. The van der Waals surface area contributed by atoms with Gasteiger partial charge in [-0.15, -0.1) is 0 Å². The molecule has 1 aromatic rings. The van der Waals surface area contributed by atoms with Crippen molar-refractivity contribution in [3.63, 3.8) is 0 Å². The van der Waals surface area contributed by atoms with E-state index in [0.717, 1.165) is 12.8 Å². The second kappa shape index (κ2) is 5.21. The summed E-state index contributed by atoms with van der Waals surface area (Å²) < 4.78 is 6.77. The summed E-state index contributed by atoms with van der Waals surface area (Å²) in [4.78, 5) is 15.7. The first kappa shape index (κ1) is 13.5. The van der Waals surface area contributed by atoms with Crippen LogP contribution < -0.4 is 5.73 Å². The molecule has 2 N–H and O–H groups in total. The number of nitrogen functional groups attached to an aromatic ring is 1. The number of ether oxygens (including phenoxy) is 1. The van der Waals surface area contributed by atoms with E-state index < -0.39 is 5.97 Å². The fourth-order valence-corrected chi connectivity index (χ4v) is 1.74. The largest absolute Gasteiger partial charge is 0.461 e. The van der Waals surface area contributed by atoms with Crippen LogP contribution in [0.1, 0.15) is 51.0 Å². The maximum Gasteiger partial charge on any atom is 0.360 e. The third-order valence-corrected chi connectivity index (χ3v) is 3.38. The molecule has 1 heterocycles. The molecule has 0 saturated carbocycles. The van der Waals surface area contributed by atoms with E-state index in [9.17, 15) is 4.79 Å². The predicted octanol–water partition coefficient (Wildman–Crippen LogP) is 2.18. The molecule has 0 aliphatic carbocycles. The normalized spacial score (nSPS) is 11.5. The molecule has 0 spiro atoms. The number of esters is 1. The molecular formula is C12H21N3O2. The zero-order chi connectivity index (χ0) is 13.1. The number of anilines is 1. The minimum absolute atomic E-state index is 0.109. The van der Waals surface area contributed by atoms with E-state index >= 15 is 0 Å². The molecule has 0 aliphatic rings. The van der Waals surface area contributed by atoms with Crippen LogP contribution in [0.15, 0.2) is 6.33 Å². The van der Waals surface area contributed by atoms with E-state index in [1.165, 1.54) is 0 Å². The molecule has 0 bridgehead atoms. The molecule has 96 valence electrons. The van der Waals surface area contributed by atoms with E-state index in [2.05, 4.69) is 25.8 Å². The van der Waals surface area contributed by atoms with Crippen molar-refractivity contribution in [2.24, 2.45) is 0 Å². The van der Waals surface area contributed by atoms with Crippen molar-refractivity contribution in [2.45, 2.75) is 46.1 Å². The zero-order valence-corrected chi connectivity index (χ0v) is 11.0. The lowest BCUT2D eigenvalue weighted by molar-refractivity contribution is 0.0521. The predicted molar refractivity (Wildman–Crippen MR) is 66.8 cm³/mol. The fraction of sp³-hybridized carbons (Fsp3) is 0.667. The molecule has 5 heteroatoms. The Kier molecular flexibility index (Phi) is 4.15. The molecule has 0 fully saturated rings. The highest BCUT2D eigenvalue weighted by Gasteiger charge is 2.27. The van der Waals surface area contributed by atoms with Gasteiger partial charge in [0.15, 0.2) is 5.69 Å². The molecule has 0 radical (unpaired) electrons. The average molecular weight is 239 g/mol. The molecule has 0 aliphatic heterocycles. The maximum absolute atomic E-state index is 11.6. The van der Waals surface area contributed by atoms with Gasteiger partial charge >= 0.3 is 5.97 Å². The van der Waals surface area contributed by atoms with Crippen molar-refractivity contribution >= 4 is 11.8 Å². The summed E-state index contributed by atoms with van der Waals surface area (Å²) >= 11 is 0. The monoisotopic (exact) mass is 239 g/mol. The minimum Gasteiger partial charge on any atom is -0.461 e. The Morgan fingerprint density at radius 1 is 1.47 bits per heavy atom. The van der Waals surface area contributed by atoms with Crippen molar-refractivity contribution in [3.8, 4) is 0 Å². The second-order valence-corrected chi connectivity index (χ2v) is 4.27. The van der Waals surface area contributed by atoms with E-state index in [1.807, 2.05) is 4.57 Å². The van der Waals surface area contributed by atoms with Crippen molar-refractivity contribution in [1.29, 1.82) is 0 Å². The Labute approximate surface area is 102 Å². The van der Waals surface area contributed by atoms with Crippen LogP contribution >= 0.6 is 0 Å². The molecule has 0 unspecified atom stereocenters. The van der Waals surface area contributed by atoms with Gasteiger partial charge in [0, 0.05) is 5.54 Å². The second-order valence-electron chi connectivity index (χ2n) is 4.27. The highest BCUT2D eigenvalue weighted by Crippen LogP contribution is 2.28. The minimum atomic E-state index is -0.460. The van der Waals surface area contributed by atoms with E-state index in [0.29, 0.717) is 12.4 Å². The quantitative estimate of drug-likeness (QED) is 0.799. The van der Waals surface area contributed by atoms with Gasteiger partial charge in [0.05, 0.1) is 12.9 Å². The maximum atomic E-state index is 11.6. The van der Waals surface area contributed by atoms with Crippen molar-refractivity contribution in [1.82, 2.24) is 9.55 Å². The lowest BCUT2D eigenvalue weighted by Crippen LogP contribution is -2.29. The van der Waals surface area contributed by atoms with Gasteiger partial charge < -0.3 is 15.0 Å². The first-order chi connectivity index (χ1) is 8.00. The topological polar surface area (TPSA) is 70.1 Å². The summed E-state index contributed by atoms with van der Waals surface area (Å²) in [5.74, 6) is -0.0760. The number of rotatable bonds is 5. The summed E-state index contributed by atoms with van der Waals surface area (Å²) in [6, 6.07) is 0. The van der Waals surface area contributed by atoms with Gasteiger partial charge in [-0.3, -0.25) is 0 Å². The molecule has 17 heavy (non-hydrogen) atoms. The summed E-state index contributed by atoms with van der Waals surface area (Å²) in [7, 11) is 0. The number of nitrogens with two attached hydrogens (primary N) is 1. The van der Waals surface area contributed by atoms with Gasteiger partial charge in [0.2, 0.25) is 0 Å². The van der Waals surface area contributed by atoms with Gasteiger partial charge in [0.1, 0.15) is 5.82 Å². The fourth-order valence-electron chi connectivity index (χ4n) is 1.74. The highest BCUT2D eigenvalue weighted by molar-refractivity contribution is 5.92. The van der Waals surface area contributed by atoms with Crippen LogP contribution in [0, 0.1) is 0 Å². The van der Waals surface area contributed by atoms with Crippen LogP contribution in [0.2, 0.25) is 0 Å². The summed E-state index contributed by atoms with van der Waals surface area (Å²) in [5, 5.41) is 0. The standard InChI is InChI=1S/C12H21N3O2/c1-5-12(4,6-2)15-8-14-9(10(15)13)11(16)17-7-3/h8H,5-7,13H2,1-4H3. The van der Waals surface area contributed by atoms with Crippen LogP contribution in [0.4, 0.5) is 5.82 Å². The Bertz CT molecular complexity index is 394. The Morgan fingerprint density at radius 2 is 2.06 bits per heavy atom. The number of carbonyl (C=O) groups is 1. The zero-order valence-electron chi connectivity index (χ0n) is 11.0. The van der Waals surface area contributed by atoms with Crippen molar-refractivity contribution in [3.05, 3.63) is 12.0 Å². The first-order valence-electron chi connectivity index (χ1n) is 6.00. The molecule has 0 amide bonds. The summed E-state index contributed by atoms with van der Waals surface area (Å²) in [5.41, 5.74) is 6.07. The molecule has 1 rings (SSSR count). The van der Waals surface area contributed by atoms with Gasteiger partial charge in [-0.25, -0.2) is 9.78 Å². The average Bonchev–Trinajstić information content (AvgIpc) is 2.71. The van der Waals surface area contributed by atoms with Gasteiger partial charge in [0.25, 0.3) is 0 Å². The Hall–Kier alpha value is -1.52. The van der Waals surface area contributed by atoms with Crippen LogP contribution in [-0.2, 0) is 10.3 Å². The van der Waals surface area contributed by atoms with Gasteiger partial charge in [-0.1, -0.05) is 13.8 Å². The molecule has 1 aromatic heterocycles.